The molecule has 0 bridgehead atoms. The summed E-state index contributed by atoms with van der Waals surface area (Å²) < 4.78 is 1.04. The fourth-order valence-corrected chi connectivity index (χ4v) is 2.82. The Balaban J connectivity index is 1.93. The van der Waals surface area contributed by atoms with Gasteiger partial charge >= 0.3 is 0 Å². The van der Waals surface area contributed by atoms with Crippen molar-refractivity contribution in [3.05, 3.63) is 70.2 Å². The van der Waals surface area contributed by atoms with E-state index < -0.39 is 0 Å². The molecule has 4 heteroatoms. The minimum absolute atomic E-state index is 0.0117. The van der Waals surface area contributed by atoms with Crippen LogP contribution in [0.2, 0.25) is 0 Å². The van der Waals surface area contributed by atoms with Crippen LogP contribution in [-0.4, -0.2) is 16.6 Å². The highest BCUT2D eigenvalue weighted by molar-refractivity contribution is 9.10. The fraction of sp³-hybridized carbons (Fsp3) is 0.176. The van der Waals surface area contributed by atoms with Crippen LogP contribution < -0.4 is 0 Å². The molecule has 106 valence electrons. The van der Waals surface area contributed by atoms with E-state index in [9.17, 15) is 4.79 Å². The molecule has 2 aromatic carbocycles. The highest BCUT2D eigenvalue weighted by Gasteiger charge is 2.31. The molecule has 1 aliphatic rings. The van der Waals surface area contributed by atoms with Crippen molar-refractivity contribution in [1.82, 2.24) is 5.01 Å². The minimum atomic E-state index is -0.0315. The number of halogens is 1. The molecular formula is C17H15BrN2O. The molecule has 2 aromatic rings. The van der Waals surface area contributed by atoms with E-state index in [0.29, 0.717) is 0 Å². The van der Waals surface area contributed by atoms with Crippen LogP contribution in [0, 0.1) is 0 Å². The maximum absolute atomic E-state index is 11.9. The average molecular weight is 343 g/mol. The molecule has 3 nitrogen and oxygen atoms in total. The fourth-order valence-electron chi connectivity index (χ4n) is 2.55. The molecule has 3 rings (SSSR count). The smallest absolute Gasteiger partial charge is 0.240 e. The number of nitrogens with zero attached hydrogens (tertiary/aromatic N) is 2. The molecular weight excluding hydrogens is 328 g/mol. The maximum atomic E-state index is 11.9. The predicted octanol–water partition coefficient (Wildman–Crippen LogP) is 4.15. The summed E-state index contributed by atoms with van der Waals surface area (Å²) in [7, 11) is 0. The van der Waals surface area contributed by atoms with Crippen molar-refractivity contribution in [2.75, 3.05) is 0 Å². The molecule has 0 saturated heterocycles. The van der Waals surface area contributed by atoms with Gasteiger partial charge in [0.15, 0.2) is 0 Å². The van der Waals surface area contributed by atoms with Crippen LogP contribution in [0.1, 0.15) is 30.5 Å². The Morgan fingerprint density at radius 2 is 1.81 bits per heavy atom. The lowest BCUT2D eigenvalue weighted by molar-refractivity contribution is -0.130. The van der Waals surface area contributed by atoms with Gasteiger partial charge in [0.2, 0.25) is 5.91 Å². The quantitative estimate of drug-likeness (QED) is 0.806. The van der Waals surface area contributed by atoms with Crippen molar-refractivity contribution in [3.8, 4) is 0 Å². The second-order valence-corrected chi connectivity index (χ2v) is 5.96. The van der Waals surface area contributed by atoms with E-state index in [1.54, 1.807) is 11.9 Å². The van der Waals surface area contributed by atoms with E-state index in [0.717, 1.165) is 27.7 Å². The molecule has 1 atom stereocenters. The number of hydrogen-bond acceptors (Lipinski definition) is 2. The number of hydrazone groups is 1. The van der Waals surface area contributed by atoms with Crippen LogP contribution in [0.25, 0.3) is 0 Å². The first-order chi connectivity index (χ1) is 10.1. The van der Waals surface area contributed by atoms with Crippen LogP contribution in [0.4, 0.5) is 0 Å². The molecule has 0 unspecified atom stereocenters. The molecule has 0 aliphatic carbocycles. The molecule has 0 fully saturated rings. The highest BCUT2D eigenvalue weighted by Crippen LogP contribution is 2.32. The lowest BCUT2D eigenvalue weighted by Gasteiger charge is -2.20. The van der Waals surface area contributed by atoms with E-state index in [-0.39, 0.29) is 11.9 Å². The number of carbonyl (C=O) groups is 1. The van der Waals surface area contributed by atoms with Crippen molar-refractivity contribution in [2.45, 2.75) is 19.4 Å². The molecule has 0 spiro atoms. The summed E-state index contributed by atoms with van der Waals surface area (Å²) in [5.41, 5.74) is 3.12. The summed E-state index contributed by atoms with van der Waals surface area (Å²) >= 11 is 3.43. The summed E-state index contributed by atoms with van der Waals surface area (Å²) in [6.45, 7) is 1.56. The van der Waals surface area contributed by atoms with Gasteiger partial charge in [-0.25, -0.2) is 5.01 Å². The van der Waals surface area contributed by atoms with Crippen molar-refractivity contribution < 1.29 is 4.79 Å². The van der Waals surface area contributed by atoms with Crippen molar-refractivity contribution in [3.63, 3.8) is 0 Å². The van der Waals surface area contributed by atoms with Crippen molar-refractivity contribution >= 4 is 27.5 Å². The Morgan fingerprint density at radius 3 is 2.43 bits per heavy atom. The van der Waals surface area contributed by atoms with Crippen molar-refractivity contribution in [2.24, 2.45) is 5.10 Å². The van der Waals surface area contributed by atoms with E-state index in [4.69, 9.17) is 0 Å². The van der Waals surface area contributed by atoms with Gasteiger partial charge in [-0.3, -0.25) is 4.79 Å². The number of amides is 1. The highest BCUT2D eigenvalue weighted by atomic mass is 79.9. The van der Waals surface area contributed by atoms with E-state index >= 15 is 0 Å². The predicted molar refractivity (Wildman–Crippen MR) is 87.0 cm³/mol. The second-order valence-electron chi connectivity index (χ2n) is 5.05. The molecule has 0 aromatic heterocycles. The lowest BCUT2D eigenvalue weighted by Crippen LogP contribution is -2.24. The van der Waals surface area contributed by atoms with Gasteiger partial charge in [0, 0.05) is 17.8 Å². The third-order valence-corrected chi connectivity index (χ3v) is 4.12. The Kier molecular flexibility index (Phi) is 3.88. The zero-order valence-corrected chi connectivity index (χ0v) is 13.2. The van der Waals surface area contributed by atoms with Gasteiger partial charge < -0.3 is 0 Å². The number of rotatable bonds is 2. The molecule has 1 aliphatic heterocycles. The second kappa shape index (κ2) is 5.82. The Labute approximate surface area is 132 Å². The van der Waals surface area contributed by atoms with Crippen LogP contribution in [0.15, 0.2) is 64.2 Å². The SMILES string of the molecule is CC(=O)N1N=C(c2ccc(Br)cc2)C[C@H]1c1ccccc1. The summed E-state index contributed by atoms with van der Waals surface area (Å²) in [6.07, 6.45) is 0.741. The first kappa shape index (κ1) is 14.0. The third-order valence-electron chi connectivity index (χ3n) is 3.59. The molecule has 21 heavy (non-hydrogen) atoms. The summed E-state index contributed by atoms with van der Waals surface area (Å²) in [5, 5.41) is 6.12. The number of hydrogen-bond donors (Lipinski definition) is 0. The first-order valence-electron chi connectivity index (χ1n) is 6.83. The van der Waals surface area contributed by atoms with E-state index in [2.05, 4.69) is 21.0 Å². The topological polar surface area (TPSA) is 32.7 Å². The van der Waals surface area contributed by atoms with Gasteiger partial charge in [-0.2, -0.15) is 5.10 Å². The molecule has 1 heterocycles. The number of carbonyl (C=O) groups excluding carboxylic acids is 1. The van der Waals surface area contributed by atoms with Crippen LogP contribution in [0.3, 0.4) is 0 Å². The Morgan fingerprint density at radius 1 is 1.14 bits per heavy atom. The van der Waals surface area contributed by atoms with Gasteiger partial charge in [-0.1, -0.05) is 58.4 Å². The Hall–Kier alpha value is -1.94. The zero-order chi connectivity index (χ0) is 14.8. The molecule has 0 saturated carbocycles. The average Bonchev–Trinajstić information content (AvgIpc) is 2.94. The summed E-state index contributed by atoms with van der Waals surface area (Å²) in [4.78, 5) is 11.9. The van der Waals surface area contributed by atoms with E-state index in [1.165, 1.54) is 0 Å². The van der Waals surface area contributed by atoms with Crippen LogP contribution >= 0.6 is 15.9 Å². The van der Waals surface area contributed by atoms with Crippen LogP contribution in [-0.2, 0) is 4.79 Å². The minimum Gasteiger partial charge on any atom is -0.273 e. The zero-order valence-electron chi connectivity index (χ0n) is 11.7. The molecule has 0 N–H and O–H groups in total. The maximum Gasteiger partial charge on any atom is 0.240 e. The standard InChI is InChI=1S/C17H15BrN2O/c1-12(21)20-17(14-5-3-2-4-6-14)11-16(19-20)13-7-9-15(18)10-8-13/h2-10,17H,11H2,1H3/t17-/m0/s1. The van der Waals surface area contributed by atoms with Gasteiger partial charge in [-0.15, -0.1) is 0 Å². The van der Waals surface area contributed by atoms with Crippen LogP contribution in [0.5, 0.6) is 0 Å². The molecule has 1 amide bonds. The van der Waals surface area contributed by atoms with E-state index in [1.807, 2.05) is 54.6 Å². The van der Waals surface area contributed by atoms with Gasteiger partial charge in [-0.05, 0) is 23.3 Å². The van der Waals surface area contributed by atoms with Gasteiger partial charge in [0.1, 0.15) is 0 Å². The third kappa shape index (κ3) is 2.90. The summed E-state index contributed by atoms with van der Waals surface area (Å²) in [5.74, 6) is -0.0315. The van der Waals surface area contributed by atoms with Gasteiger partial charge in [0.25, 0.3) is 0 Å². The largest absolute Gasteiger partial charge is 0.273 e. The number of benzene rings is 2. The first-order valence-corrected chi connectivity index (χ1v) is 7.62. The van der Waals surface area contributed by atoms with Gasteiger partial charge in [0.05, 0.1) is 11.8 Å². The monoisotopic (exact) mass is 342 g/mol. The summed E-state index contributed by atoms with van der Waals surface area (Å²) in [6, 6.07) is 18.1. The van der Waals surface area contributed by atoms with Crippen molar-refractivity contribution in [1.29, 1.82) is 0 Å². The normalized spacial score (nSPS) is 17.7. The molecule has 0 radical (unpaired) electrons. The lowest BCUT2D eigenvalue weighted by atomic mass is 9.98. The Bertz CT molecular complexity index is 680.